The molecule has 5 aromatic rings. The van der Waals surface area contributed by atoms with Gasteiger partial charge in [0, 0.05) is 33.5 Å². The van der Waals surface area contributed by atoms with Gasteiger partial charge in [-0.05, 0) is 55.2 Å². The molecule has 0 radical (unpaired) electrons. The lowest BCUT2D eigenvalue weighted by Crippen LogP contribution is -2.30. The molecule has 4 heterocycles. The lowest BCUT2D eigenvalue weighted by atomic mass is 10.0. The minimum Gasteiger partial charge on any atom is -0.334 e. The lowest BCUT2D eigenvalue weighted by Gasteiger charge is -2.22. The highest BCUT2D eigenvalue weighted by molar-refractivity contribution is 7.20. The lowest BCUT2D eigenvalue weighted by molar-refractivity contribution is 0.103. The zero-order valence-electron chi connectivity index (χ0n) is 23.2. The number of anilines is 3. The number of fused-ring (bicyclic) bond motifs is 2. The van der Waals surface area contributed by atoms with Crippen molar-refractivity contribution in [2.45, 2.75) is 20.0 Å². The van der Waals surface area contributed by atoms with Crippen LogP contribution in [0.15, 0.2) is 59.4 Å². The van der Waals surface area contributed by atoms with E-state index in [4.69, 9.17) is 4.11 Å². The van der Waals surface area contributed by atoms with E-state index in [1.165, 1.54) is 34.4 Å². The van der Waals surface area contributed by atoms with E-state index in [2.05, 4.69) is 25.9 Å². The molecule has 1 aliphatic heterocycles. The maximum atomic E-state index is 14.9. The van der Waals surface area contributed by atoms with Gasteiger partial charge in [-0.15, -0.1) is 11.3 Å². The Morgan fingerprint density at radius 2 is 2.05 bits per heavy atom. The molecule has 1 aliphatic rings. The summed E-state index contributed by atoms with van der Waals surface area (Å²) in [5, 5.41) is 17.7. The molecule has 0 aliphatic carbocycles. The molecule has 192 valence electrons. The predicted molar refractivity (Wildman–Crippen MR) is 147 cm³/mol. The van der Waals surface area contributed by atoms with Crippen LogP contribution in [0.5, 0.6) is 0 Å². The second kappa shape index (κ2) is 9.51. The van der Waals surface area contributed by atoms with Gasteiger partial charge in [0.15, 0.2) is 5.82 Å². The van der Waals surface area contributed by atoms with Gasteiger partial charge in [-0.2, -0.15) is 10.2 Å². The number of aromatic nitrogens is 4. The van der Waals surface area contributed by atoms with Gasteiger partial charge in [-0.25, -0.2) is 9.49 Å². The van der Waals surface area contributed by atoms with E-state index in [0.717, 1.165) is 10.1 Å². The van der Waals surface area contributed by atoms with Crippen molar-refractivity contribution in [2.24, 2.45) is 0 Å². The van der Waals surface area contributed by atoms with Crippen LogP contribution in [0.25, 0.3) is 21.3 Å². The molecule has 2 aromatic carbocycles. The van der Waals surface area contributed by atoms with Gasteiger partial charge in [0.1, 0.15) is 11.5 Å². The molecule has 3 aromatic heterocycles. The fraction of sp³-hybridized carbons (Fsp3) is 0.185. The van der Waals surface area contributed by atoms with Gasteiger partial charge in [-0.1, -0.05) is 18.2 Å². The van der Waals surface area contributed by atoms with Crippen molar-refractivity contribution in [1.29, 1.82) is 0 Å². The fourth-order valence-corrected chi connectivity index (χ4v) is 5.44. The number of likely N-dealkylation sites (N-methyl/N-ethyl adjacent to an activating group) is 1. The number of benzene rings is 2. The molecule has 1 amide bonds. The first-order valence-corrected chi connectivity index (χ1v) is 12.7. The summed E-state index contributed by atoms with van der Waals surface area (Å²) in [5.74, 6) is -0.650. The number of hydrogen-bond donors (Lipinski definition) is 3. The number of H-pyrrole nitrogens is 1. The normalized spacial score (nSPS) is 14.9. The Balaban J connectivity index is 1.26. The van der Waals surface area contributed by atoms with Gasteiger partial charge in [0.05, 0.1) is 28.5 Å². The third-order valence-electron chi connectivity index (χ3n) is 6.44. The van der Waals surface area contributed by atoms with Crippen molar-refractivity contribution in [3.63, 3.8) is 0 Å². The van der Waals surface area contributed by atoms with E-state index in [9.17, 15) is 14.0 Å². The summed E-state index contributed by atoms with van der Waals surface area (Å²) >= 11 is 1.32. The number of thiophene rings is 1. The minimum absolute atomic E-state index is 0.0213. The van der Waals surface area contributed by atoms with Crippen LogP contribution in [-0.4, -0.2) is 44.3 Å². The van der Waals surface area contributed by atoms with Crippen molar-refractivity contribution in [3.05, 3.63) is 86.9 Å². The molecule has 0 unspecified atom stereocenters. The predicted octanol–water partition coefficient (Wildman–Crippen LogP) is 4.74. The Bertz CT molecular complexity index is 1830. The highest BCUT2D eigenvalue weighted by Gasteiger charge is 2.19. The average Bonchev–Trinajstić information content (AvgIpc) is 3.55. The van der Waals surface area contributed by atoms with Crippen molar-refractivity contribution in [3.8, 4) is 11.3 Å². The Kier molecular flexibility index (Phi) is 5.17. The molecule has 9 nitrogen and oxygen atoms in total. The summed E-state index contributed by atoms with van der Waals surface area (Å²) in [5.41, 5.74) is 1.67. The molecule has 0 saturated heterocycles. The van der Waals surface area contributed by atoms with E-state index < -0.39 is 24.3 Å². The van der Waals surface area contributed by atoms with Gasteiger partial charge < -0.3 is 10.6 Å². The van der Waals surface area contributed by atoms with Crippen LogP contribution in [0.2, 0.25) is 0 Å². The largest absolute Gasteiger partial charge is 0.334 e. The second-order valence-corrected chi connectivity index (χ2v) is 10.1. The van der Waals surface area contributed by atoms with Crippen LogP contribution in [-0.2, 0) is 13.1 Å². The monoisotopic (exact) mass is 532 g/mol. The van der Waals surface area contributed by atoms with Gasteiger partial charge in [0.25, 0.3) is 11.5 Å². The highest BCUT2D eigenvalue weighted by atomic mass is 32.1. The summed E-state index contributed by atoms with van der Waals surface area (Å²) in [6.07, 6.45) is 0. The third kappa shape index (κ3) is 4.46. The number of aromatic amines is 1. The SMILES string of the molecule is [2H]C([2H])([2H])N1CCn2nc(Nc3cc(-c4ccc(F)c(NC(=O)c5cc6ccccc6s5)c4C)n[nH]c3=O)cc2C1. The second-order valence-electron chi connectivity index (χ2n) is 8.98. The third-order valence-corrected chi connectivity index (χ3v) is 7.56. The summed E-state index contributed by atoms with van der Waals surface area (Å²) in [7, 11) is 0. The number of halogens is 1. The fourth-order valence-electron chi connectivity index (χ4n) is 4.48. The quantitative estimate of drug-likeness (QED) is 0.302. The van der Waals surface area contributed by atoms with E-state index in [0.29, 0.717) is 46.3 Å². The van der Waals surface area contributed by atoms with E-state index in [-0.39, 0.29) is 17.9 Å². The highest BCUT2D eigenvalue weighted by Crippen LogP contribution is 2.32. The topological polar surface area (TPSA) is 108 Å². The molecule has 3 N–H and O–H groups in total. The number of nitrogens with one attached hydrogen (secondary N) is 3. The maximum Gasteiger partial charge on any atom is 0.287 e. The van der Waals surface area contributed by atoms with E-state index in [1.54, 1.807) is 23.7 Å². The van der Waals surface area contributed by atoms with Gasteiger partial charge >= 0.3 is 0 Å². The zero-order valence-corrected chi connectivity index (χ0v) is 21.0. The van der Waals surface area contributed by atoms with Crippen LogP contribution in [0.4, 0.5) is 21.6 Å². The Hall–Kier alpha value is -4.35. The van der Waals surface area contributed by atoms with Crippen molar-refractivity contribution < 1.29 is 13.3 Å². The number of hydrogen-bond acceptors (Lipinski definition) is 7. The van der Waals surface area contributed by atoms with Crippen molar-refractivity contribution in [1.82, 2.24) is 24.9 Å². The molecule has 11 heteroatoms. The smallest absolute Gasteiger partial charge is 0.287 e. The first-order chi connectivity index (χ1) is 19.6. The van der Waals surface area contributed by atoms with Crippen LogP contribution < -0.4 is 16.2 Å². The Morgan fingerprint density at radius 3 is 2.89 bits per heavy atom. The van der Waals surface area contributed by atoms with Gasteiger partial charge in [0.2, 0.25) is 0 Å². The summed E-state index contributed by atoms with van der Waals surface area (Å²) < 4.78 is 40.5. The Labute approximate surface area is 225 Å². The molecular weight excluding hydrogens is 505 g/mol. The minimum atomic E-state index is -2.20. The maximum absolute atomic E-state index is 14.9. The van der Waals surface area contributed by atoms with Crippen molar-refractivity contribution >= 4 is 44.5 Å². The molecule has 0 atom stereocenters. The number of carbonyl (C=O) groups is 1. The molecule has 0 saturated carbocycles. The summed E-state index contributed by atoms with van der Waals surface area (Å²) in [6, 6.07) is 15.4. The molecular formula is C27H24FN7O2S. The summed E-state index contributed by atoms with van der Waals surface area (Å²) in [6.45, 7) is 0.394. The van der Waals surface area contributed by atoms with Gasteiger partial charge in [-0.3, -0.25) is 19.2 Å². The zero-order chi connectivity index (χ0) is 28.9. The molecule has 0 fully saturated rings. The molecule has 38 heavy (non-hydrogen) atoms. The number of amides is 1. The number of carbonyl (C=O) groups excluding carboxylic acids is 1. The molecule has 0 spiro atoms. The number of nitrogens with zero attached hydrogens (tertiary/aromatic N) is 4. The standard InChI is InChI=1S/C27H24FN7O2S/c1-15-18(7-8-19(28)25(15)30-27(37)23-11-16-5-3-4-6-22(16)38-23)20-13-21(26(36)32-31-20)29-24-12-17-14-34(2)9-10-35(17)33-24/h3-8,11-13H,9-10,14H2,1-2H3,(H,30,37)(H,32,36)(H,29,31,33)/i2D3. The first kappa shape index (κ1) is 20.7. The van der Waals surface area contributed by atoms with Crippen molar-refractivity contribution in [2.75, 3.05) is 24.2 Å². The van der Waals surface area contributed by atoms with E-state index >= 15 is 0 Å². The van der Waals surface area contributed by atoms with Crippen LogP contribution >= 0.6 is 11.3 Å². The molecule has 6 rings (SSSR count). The average molecular weight is 533 g/mol. The van der Waals surface area contributed by atoms with Crippen LogP contribution in [0.3, 0.4) is 0 Å². The Morgan fingerprint density at radius 1 is 1.18 bits per heavy atom. The first-order valence-electron chi connectivity index (χ1n) is 13.3. The van der Waals surface area contributed by atoms with Crippen LogP contribution in [0, 0.1) is 12.7 Å². The summed E-state index contributed by atoms with van der Waals surface area (Å²) in [4.78, 5) is 27.5. The van der Waals surface area contributed by atoms with Crippen LogP contribution in [0.1, 0.15) is 25.0 Å². The number of rotatable bonds is 5. The molecule has 0 bridgehead atoms. The van der Waals surface area contributed by atoms with E-state index in [1.807, 2.05) is 24.3 Å².